The molecule has 0 radical (unpaired) electrons. The van der Waals surface area contributed by atoms with Gasteiger partial charge >= 0.3 is 0 Å². The Hall–Kier alpha value is -1.35. The van der Waals surface area contributed by atoms with Crippen LogP contribution in [0.5, 0.6) is 0 Å². The minimum absolute atomic E-state index is 0.233. The molecule has 0 bridgehead atoms. The molecule has 1 saturated heterocycles. The maximum absolute atomic E-state index is 12.9. The van der Waals surface area contributed by atoms with Gasteiger partial charge in [0, 0.05) is 19.1 Å². The lowest BCUT2D eigenvalue weighted by Crippen LogP contribution is -2.54. The minimum atomic E-state index is -0.233. The average molecular weight is 258 g/mol. The Morgan fingerprint density at radius 1 is 1.16 bits per heavy atom. The maximum Gasteiger partial charge on any atom is 0.233 e. The SMILES string of the molecule is NC1CCN(C(=O)C2(c3ccccc3)CCC2)CC1. The zero-order valence-electron chi connectivity index (χ0n) is 11.3. The molecule has 102 valence electrons. The number of hydrogen-bond donors (Lipinski definition) is 1. The molecule has 0 aromatic heterocycles. The Morgan fingerprint density at radius 2 is 1.79 bits per heavy atom. The fourth-order valence-electron chi connectivity index (χ4n) is 3.32. The molecule has 0 unspecified atom stereocenters. The average Bonchev–Trinajstić information content (AvgIpc) is 2.39. The summed E-state index contributed by atoms with van der Waals surface area (Å²) in [5, 5.41) is 0. The number of carbonyl (C=O) groups excluding carboxylic acids is 1. The Labute approximate surface area is 114 Å². The molecule has 1 aromatic carbocycles. The van der Waals surface area contributed by atoms with Crippen LogP contribution in [0.2, 0.25) is 0 Å². The van der Waals surface area contributed by atoms with Crippen molar-refractivity contribution in [3.05, 3.63) is 35.9 Å². The second kappa shape index (κ2) is 4.97. The van der Waals surface area contributed by atoms with E-state index >= 15 is 0 Å². The van der Waals surface area contributed by atoms with Crippen LogP contribution >= 0.6 is 0 Å². The molecule has 3 heteroatoms. The van der Waals surface area contributed by atoms with Gasteiger partial charge in [-0.15, -0.1) is 0 Å². The molecule has 1 saturated carbocycles. The third-order valence-electron chi connectivity index (χ3n) is 4.77. The highest BCUT2D eigenvalue weighted by Crippen LogP contribution is 2.45. The third-order valence-corrected chi connectivity index (χ3v) is 4.77. The summed E-state index contributed by atoms with van der Waals surface area (Å²) in [6, 6.07) is 10.6. The van der Waals surface area contributed by atoms with Crippen LogP contribution in [0.15, 0.2) is 30.3 Å². The highest BCUT2D eigenvalue weighted by Gasteiger charge is 2.47. The summed E-state index contributed by atoms with van der Waals surface area (Å²) in [6.45, 7) is 1.66. The monoisotopic (exact) mass is 258 g/mol. The number of rotatable bonds is 2. The van der Waals surface area contributed by atoms with E-state index in [4.69, 9.17) is 5.73 Å². The summed E-state index contributed by atoms with van der Waals surface area (Å²) >= 11 is 0. The van der Waals surface area contributed by atoms with E-state index in [1.54, 1.807) is 0 Å². The number of benzene rings is 1. The van der Waals surface area contributed by atoms with Crippen LogP contribution in [0.25, 0.3) is 0 Å². The van der Waals surface area contributed by atoms with Gasteiger partial charge in [-0.3, -0.25) is 4.79 Å². The lowest BCUT2D eigenvalue weighted by Gasteiger charge is -2.45. The normalized spacial score (nSPS) is 22.9. The van der Waals surface area contributed by atoms with Crippen molar-refractivity contribution in [1.82, 2.24) is 4.90 Å². The van der Waals surface area contributed by atoms with Gasteiger partial charge in [-0.1, -0.05) is 36.8 Å². The van der Waals surface area contributed by atoms with E-state index in [9.17, 15) is 4.79 Å². The number of likely N-dealkylation sites (tertiary alicyclic amines) is 1. The van der Waals surface area contributed by atoms with E-state index in [2.05, 4.69) is 12.1 Å². The zero-order chi connectivity index (χ0) is 13.3. The number of amides is 1. The van der Waals surface area contributed by atoms with E-state index < -0.39 is 0 Å². The molecular formula is C16H22N2O. The van der Waals surface area contributed by atoms with Crippen molar-refractivity contribution in [2.75, 3.05) is 13.1 Å². The van der Waals surface area contributed by atoms with Gasteiger partial charge in [0.2, 0.25) is 5.91 Å². The van der Waals surface area contributed by atoms with E-state index in [1.165, 1.54) is 5.56 Å². The van der Waals surface area contributed by atoms with Crippen LogP contribution in [-0.4, -0.2) is 29.9 Å². The van der Waals surface area contributed by atoms with Gasteiger partial charge in [0.15, 0.2) is 0 Å². The lowest BCUT2D eigenvalue weighted by molar-refractivity contribution is -0.142. The predicted molar refractivity (Wildman–Crippen MR) is 75.8 cm³/mol. The molecule has 0 spiro atoms. The second-order valence-electron chi connectivity index (χ2n) is 5.93. The largest absolute Gasteiger partial charge is 0.342 e. The van der Waals surface area contributed by atoms with Crippen LogP contribution < -0.4 is 5.73 Å². The van der Waals surface area contributed by atoms with Crippen molar-refractivity contribution >= 4 is 5.91 Å². The lowest BCUT2D eigenvalue weighted by atomic mass is 9.63. The second-order valence-corrected chi connectivity index (χ2v) is 5.93. The van der Waals surface area contributed by atoms with E-state index in [-0.39, 0.29) is 11.5 Å². The fourth-order valence-corrected chi connectivity index (χ4v) is 3.32. The molecule has 1 aliphatic carbocycles. The quantitative estimate of drug-likeness (QED) is 0.882. The van der Waals surface area contributed by atoms with Crippen molar-refractivity contribution in [3.63, 3.8) is 0 Å². The van der Waals surface area contributed by atoms with E-state index in [1.807, 2.05) is 23.1 Å². The Morgan fingerprint density at radius 3 is 2.32 bits per heavy atom. The van der Waals surface area contributed by atoms with Crippen LogP contribution in [-0.2, 0) is 10.2 Å². The van der Waals surface area contributed by atoms with Crippen LogP contribution in [0, 0.1) is 0 Å². The fraction of sp³-hybridized carbons (Fsp3) is 0.562. The zero-order valence-corrected chi connectivity index (χ0v) is 11.3. The summed E-state index contributed by atoms with van der Waals surface area (Å²) in [4.78, 5) is 14.9. The molecule has 1 aliphatic heterocycles. The number of carbonyl (C=O) groups is 1. The molecule has 2 fully saturated rings. The van der Waals surface area contributed by atoms with Crippen molar-refractivity contribution < 1.29 is 4.79 Å². The van der Waals surface area contributed by atoms with Gasteiger partial charge < -0.3 is 10.6 Å². The molecule has 2 aliphatic rings. The van der Waals surface area contributed by atoms with Crippen molar-refractivity contribution in [1.29, 1.82) is 0 Å². The van der Waals surface area contributed by atoms with Crippen LogP contribution in [0.1, 0.15) is 37.7 Å². The van der Waals surface area contributed by atoms with Crippen LogP contribution in [0.4, 0.5) is 0 Å². The van der Waals surface area contributed by atoms with Crippen molar-refractivity contribution in [2.45, 2.75) is 43.6 Å². The Balaban J connectivity index is 1.81. The minimum Gasteiger partial charge on any atom is -0.342 e. The van der Waals surface area contributed by atoms with Crippen molar-refractivity contribution in [2.24, 2.45) is 5.73 Å². The standard InChI is InChI=1S/C16H22N2O/c17-14-7-11-18(12-8-14)15(19)16(9-4-10-16)13-5-2-1-3-6-13/h1-3,5-6,14H,4,7-12,17H2. The van der Waals surface area contributed by atoms with Gasteiger partial charge in [0.25, 0.3) is 0 Å². The maximum atomic E-state index is 12.9. The number of hydrogen-bond acceptors (Lipinski definition) is 2. The van der Waals surface area contributed by atoms with Gasteiger partial charge in [-0.05, 0) is 31.2 Å². The van der Waals surface area contributed by atoms with Crippen molar-refractivity contribution in [3.8, 4) is 0 Å². The van der Waals surface area contributed by atoms with Gasteiger partial charge in [0.1, 0.15) is 0 Å². The molecule has 1 aromatic rings. The summed E-state index contributed by atoms with van der Waals surface area (Å²) in [5.74, 6) is 0.330. The first-order valence-corrected chi connectivity index (χ1v) is 7.33. The first kappa shape index (κ1) is 12.7. The highest BCUT2D eigenvalue weighted by molar-refractivity contribution is 5.89. The van der Waals surface area contributed by atoms with Gasteiger partial charge in [0.05, 0.1) is 5.41 Å². The molecule has 19 heavy (non-hydrogen) atoms. The number of piperidine rings is 1. The third kappa shape index (κ3) is 2.16. The molecule has 3 rings (SSSR count). The molecule has 2 N–H and O–H groups in total. The molecule has 1 amide bonds. The smallest absolute Gasteiger partial charge is 0.233 e. The summed E-state index contributed by atoms with van der Waals surface area (Å²) in [6.07, 6.45) is 5.04. The van der Waals surface area contributed by atoms with Gasteiger partial charge in [-0.2, -0.15) is 0 Å². The first-order chi connectivity index (χ1) is 9.22. The van der Waals surface area contributed by atoms with Crippen LogP contribution in [0.3, 0.4) is 0 Å². The predicted octanol–water partition coefficient (Wildman–Crippen LogP) is 2.06. The van der Waals surface area contributed by atoms with E-state index in [0.29, 0.717) is 5.91 Å². The number of nitrogens with two attached hydrogens (primary N) is 1. The van der Waals surface area contributed by atoms with Gasteiger partial charge in [-0.25, -0.2) is 0 Å². The molecule has 3 nitrogen and oxygen atoms in total. The Bertz CT molecular complexity index is 445. The molecular weight excluding hydrogens is 236 g/mol. The first-order valence-electron chi connectivity index (χ1n) is 7.33. The summed E-state index contributed by atoms with van der Waals surface area (Å²) in [5.41, 5.74) is 6.89. The highest BCUT2D eigenvalue weighted by atomic mass is 16.2. The summed E-state index contributed by atoms with van der Waals surface area (Å²) in [7, 11) is 0. The summed E-state index contributed by atoms with van der Waals surface area (Å²) < 4.78 is 0. The number of nitrogens with zero attached hydrogens (tertiary/aromatic N) is 1. The molecule has 0 atom stereocenters. The molecule has 1 heterocycles. The topological polar surface area (TPSA) is 46.3 Å². The van der Waals surface area contributed by atoms with E-state index in [0.717, 1.165) is 45.2 Å². The Kier molecular flexibility index (Phi) is 3.31.